The molecule has 3 N–H and O–H groups in total. The van der Waals surface area contributed by atoms with E-state index in [9.17, 15) is 9.59 Å². The van der Waals surface area contributed by atoms with Crippen LogP contribution in [0.5, 0.6) is 0 Å². The molecule has 0 bridgehead atoms. The maximum atomic E-state index is 12.6. The van der Waals surface area contributed by atoms with Crippen LogP contribution < -0.4 is 20.9 Å². The summed E-state index contributed by atoms with van der Waals surface area (Å²) in [6.45, 7) is 6.34. The molecule has 0 radical (unpaired) electrons. The van der Waals surface area contributed by atoms with Crippen molar-refractivity contribution in [3.8, 4) is 0 Å². The Hall–Kier alpha value is -3.16. The number of nitrogens with one attached hydrogen (secondary N) is 3. The zero-order valence-corrected chi connectivity index (χ0v) is 20.3. The second kappa shape index (κ2) is 11.1. The van der Waals surface area contributed by atoms with Crippen LogP contribution in [0.2, 0.25) is 0 Å². The van der Waals surface area contributed by atoms with E-state index in [0.717, 1.165) is 37.1 Å². The van der Waals surface area contributed by atoms with Gasteiger partial charge < -0.3 is 20.9 Å². The van der Waals surface area contributed by atoms with Crippen LogP contribution >= 0.6 is 0 Å². The van der Waals surface area contributed by atoms with E-state index < -0.39 is 0 Å². The summed E-state index contributed by atoms with van der Waals surface area (Å²) in [7, 11) is 3.97. The lowest BCUT2D eigenvalue weighted by Gasteiger charge is -2.29. The molecule has 1 aromatic heterocycles. The number of anilines is 3. The monoisotopic (exact) mass is 452 g/mol. The van der Waals surface area contributed by atoms with Gasteiger partial charge >= 0.3 is 0 Å². The number of aryl methyl sites for hydroxylation is 1. The molecule has 0 unspecified atom stereocenters. The maximum Gasteiger partial charge on any atom is 0.251 e. The van der Waals surface area contributed by atoms with Crippen molar-refractivity contribution in [3.63, 3.8) is 0 Å². The van der Waals surface area contributed by atoms with E-state index in [1.165, 1.54) is 0 Å². The predicted octanol–water partition coefficient (Wildman–Crippen LogP) is 3.85. The Balaban J connectivity index is 1.46. The number of rotatable bonds is 8. The highest BCUT2D eigenvalue weighted by molar-refractivity contribution is 5.97. The van der Waals surface area contributed by atoms with E-state index in [0.29, 0.717) is 35.7 Å². The highest BCUT2D eigenvalue weighted by atomic mass is 16.2. The fourth-order valence-electron chi connectivity index (χ4n) is 4.01. The minimum absolute atomic E-state index is 0.0631. The highest BCUT2D eigenvalue weighted by Gasteiger charge is 2.22. The fraction of sp³-hybridized carbons (Fsp3) is 0.520. The van der Waals surface area contributed by atoms with Crippen LogP contribution in [0.25, 0.3) is 0 Å². The van der Waals surface area contributed by atoms with Gasteiger partial charge in [0.1, 0.15) is 5.82 Å². The van der Waals surface area contributed by atoms with Gasteiger partial charge in [0.05, 0.1) is 0 Å². The Bertz CT molecular complexity index is 967. The number of aromatic nitrogens is 2. The van der Waals surface area contributed by atoms with Crippen LogP contribution in [0, 0.1) is 18.8 Å². The molecule has 0 spiro atoms. The third-order valence-corrected chi connectivity index (χ3v) is 6.02. The summed E-state index contributed by atoms with van der Waals surface area (Å²) >= 11 is 0. The average molecular weight is 453 g/mol. The zero-order chi connectivity index (χ0) is 24.0. The number of amides is 2. The summed E-state index contributed by atoms with van der Waals surface area (Å²) in [5, 5.41) is 9.37. The molecule has 2 aromatic rings. The third-order valence-electron chi connectivity index (χ3n) is 6.02. The second-order valence-corrected chi connectivity index (χ2v) is 9.39. The van der Waals surface area contributed by atoms with Crippen molar-refractivity contribution in [3.05, 3.63) is 41.6 Å². The topological polar surface area (TPSA) is 99.2 Å². The quantitative estimate of drug-likeness (QED) is 0.563. The molecule has 33 heavy (non-hydrogen) atoms. The van der Waals surface area contributed by atoms with Crippen molar-refractivity contribution < 1.29 is 9.59 Å². The van der Waals surface area contributed by atoms with Gasteiger partial charge in [-0.3, -0.25) is 9.59 Å². The molecule has 0 atom stereocenters. The Labute approximate surface area is 196 Å². The van der Waals surface area contributed by atoms with Gasteiger partial charge in [-0.25, -0.2) is 4.98 Å². The predicted molar refractivity (Wildman–Crippen MR) is 133 cm³/mol. The summed E-state index contributed by atoms with van der Waals surface area (Å²) < 4.78 is 0. The van der Waals surface area contributed by atoms with Crippen LogP contribution in [-0.2, 0) is 4.79 Å². The molecule has 1 heterocycles. The van der Waals surface area contributed by atoms with Crippen molar-refractivity contribution >= 4 is 29.3 Å². The van der Waals surface area contributed by atoms with Crippen LogP contribution in [-0.4, -0.2) is 48.5 Å². The first-order chi connectivity index (χ1) is 15.7. The van der Waals surface area contributed by atoms with Crippen molar-refractivity contribution in [1.29, 1.82) is 0 Å². The number of carbonyl (C=O) groups excluding carboxylic acids is 2. The SMILES string of the molecule is Cc1cnc(N[C@H]2CC[C@@H](CNC(=O)c3cccc(NC(=O)C(C)C)c3)CC2)nc1N(C)C. The van der Waals surface area contributed by atoms with Gasteiger partial charge in [0.25, 0.3) is 5.91 Å². The largest absolute Gasteiger partial charge is 0.362 e. The van der Waals surface area contributed by atoms with Gasteiger partial charge in [0.2, 0.25) is 11.9 Å². The van der Waals surface area contributed by atoms with Crippen molar-refractivity contribution in [1.82, 2.24) is 15.3 Å². The Morgan fingerprint density at radius 1 is 1.15 bits per heavy atom. The minimum Gasteiger partial charge on any atom is -0.362 e. The highest BCUT2D eigenvalue weighted by Crippen LogP contribution is 2.26. The molecule has 0 saturated heterocycles. The van der Waals surface area contributed by atoms with Gasteiger partial charge in [-0.15, -0.1) is 0 Å². The summed E-state index contributed by atoms with van der Waals surface area (Å²) in [5.74, 6) is 1.76. The summed E-state index contributed by atoms with van der Waals surface area (Å²) in [6, 6.07) is 7.42. The lowest BCUT2D eigenvalue weighted by atomic mass is 9.86. The molecule has 3 rings (SSSR count). The second-order valence-electron chi connectivity index (χ2n) is 9.39. The smallest absolute Gasteiger partial charge is 0.251 e. The van der Waals surface area contributed by atoms with E-state index in [1.807, 2.05) is 46.0 Å². The third kappa shape index (κ3) is 6.91. The van der Waals surface area contributed by atoms with Crippen LogP contribution in [0.3, 0.4) is 0 Å². The lowest BCUT2D eigenvalue weighted by molar-refractivity contribution is -0.118. The fourth-order valence-corrected chi connectivity index (χ4v) is 4.01. The standard InChI is InChI=1S/C25H36N6O2/c1-16(2)23(32)28-21-8-6-7-19(13-21)24(33)26-15-18-9-11-20(12-10-18)29-25-27-14-17(3)22(30-25)31(4)5/h6-8,13-14,16,18,20H,9-12,15H2,1-5H3,(H,26,33)(H,28,32)(H,27,29,30)/t18-,20+. The Morgan fingerprint density at radius 2 is 1.88 bits per heavy atom. The van der Waals surface area contributed by atoms with E-state index in [1.54, 1.807) is 24.3 Å². The molecule has 1 fully saturated rings. The first-order valence-corrected chi connectivity index (χ1v) is 11.7. The Kier molecular flexibility index (Phi) is 8.25. The molecular weight excluding hydrogens is 416 g/mol. The molecule has 178 valence electrons. The summed E-state index contributed by atoms with van der Waals surface area (Å²) in [5.41, 5.74) is 2.25. The van der Waals surface area contributed by atoms with Crippen LogP contribution in [0.4, 0.5) is 17.5 Å². The van der Waals surface area contributed by atoms with Crippen molar-refractivity contribution in [2.75, 3.05) is 36.2 Å². The average Bonchev–Trinajstić information content (AvgIpc) is 2.79. The zero-order valence-electron chi connectivity index (χ0n) is 20.3. The summed E-state index contributed by atoms with van der Waals surface area (Å²) in [6.07, 6.45) is 5.97. The molecule has 1 aromatic carbocycles. The number of benzene rings is 1. The summed E-state index contributed by atoms with van der Waals surface area (Å²) in [4.78, 5) is 35.6. The maximum absolute atomic E-state index is 12.6. The molecular formula is C25H36N6O2. The first-order valence-electron chi connectivity index (χ1n) is 11.7. The van der Waals surface area contributed by atoms with Crippen LogP contribution in [0.15, 0.2) is 30.5 Å². The van der Waals surface area contributed by atoms with Crippen LogP contribution in [0.1, 0.15) is 55.5 Å². The van der Waals surface area contributed by atoms with E-state index in [4.69, 9.17) is 0 Å². The molecule has 1 saturated carbocycles. The molecule has 8 heteroatoms. The molecule has 1 aliphatic rings. The van der Waals surface area contributed by atoms with Crippen molar-refractivity contribution in [2.24, 2.45) is 11.8 Å². The normalized spacial score (nSPS) is 18.0. The van der Waals surface area contributed by atoms with E-state index in [2.05, 4.69) is 25.9 Å². The molecule has 2 amide bonds. The van der Waals surface area contributed by atoms with Crippen molar-refractivity contribution in [2.45, 2.75) is 52.5 Å². The van der Waals surface area contributed by atoms with Gasteiger partial charge in [0.15, 0.2) is 0 Å². The molecule has 0 aliphatic heterocycles. The number of carbonyl (C=O) groups is 2. The van der Waals surface area contributed by atoms with Gasteiger partial charge in [-0.1, -0.05) is 19.9 Å². The number of nitrogens with zero attached hydrogens (tertiary/aromatic N) is 3. The van der Waals surface area contributed by atoms with Gasteiger partial charge in [-0.2, -0.15) is 4.98 Å². The molecule has 1 aliphatic carbocycles. The number of hydrogen-bond donors (Lipinski definition) is 3. The van der Waals surface area contributed by atoms with Gasteiger partial charge in [-0.05, 0) is 56.7 Å². The van der Waals surface area contributed by atoms with E-state index in [-0.39, 0.29) is 17.7 Å². The lowest BCUT2D eigenvalue weighted by Crippen LogP contribution is -2.34. The van der Waals surface area contributed by atoms with Gasteiger partial charge in [0, 0.05) is 55.6 Å². The minimum atomic E-state index is -0.111. The number of hydrogen-bond acceptors (Lipinski definition) is 6. The Morgan fingerprint density at radius 3 is 2.55 bits per heavy atom. The van der Waals surface area contributed by atoms with E-state index >= 15 is 0 Å². The molecule has 8 nitrogen and oxygen atoms in total. The first kappa shape index (κ1) is 24.5.